The minimum Gasteiger partial charge on any atom is -0.351 e. The van der Waals surface area contributed by atoms with E-state index >= 15 is 0 Å². The molecule has 2 nitrogen and oxygen atoms in total. The molecule has 1 aromatic heterocycles. The van der Waals surface area contributed by atoms with Gasteiger partial charge in [0.05, 0.1) is 6.33 Å². The molecule has 0 radical (unpaired) electrons. The van der Waals surface area contributed by atoms with Crippen LogP contribution in [-0.4, -0.2) is 9.97 Å². The van der Waals surface area contributed by atoms with Crippen LogP contribution in [0.3, 0.4) is 0 Å². The Hall–Kier alpha value is -1.92. The molecule has 0 aliphatic rings. The van der Waals surface area contributed by atoms with Gasteiger partial charge in [-0.2, -0.15) is 0 Å². The van der Waals surface area contributed by atoms with Crippen LogP contribution in [0.4, 0.5) is 0 Å². The first-order valence-electron chi connectivity index (χ1n) is 5.75. The van der Waals surface area contributed by atoms with Crippen LogP contribution < -0.4 is 10.6 Å². The molecular weight excluding hydrogens is 239 g/mol. The van der Waals surface area contributed by atoms with E-state index in [1.165, 1.54) is 10.6 Å². The standard InChI is InChI=1S/C12H11P.C3H4N2/c1-3-7-11(8-4-1)13-12-9-5-2-6-10-12;1-2-5-3-4-1/h1-10,13H;1-3H,(H,4,5). The van der Waals surface area contributed by atoms with E-state index < -0.39 is 0 Å². The maximum absolute atomic E-state index is 3.67. The third kappa shape index (κ3) is 4.52. The smallest absolute Gasteiger partial charge is 0.0919 e. The molecule has 0 bridgehead atoms. The Labute approximate surface area is 109 Å². The monoisotopic (exact) mass is 254 g/mol. The van der Waals surface area contributed by atoms with Crippen molar-refractivity contribution in [1.82, 2.24) is 9.97 Å². The largest absolute Gasteiger partial charge is 0.351 e. The first-order valence-corrected chi connectivity index (χ1v) is 6.75. The van der Waals surface area contributed by atoms with Crippen LogP contribution in [0.2, 0.25) is 0 Å². The number of nitrogens with zero attached hydrogens (tertiary/aromatic N) is 1. The number of hydrogen-bond donors (Lipinski definition) is 1. The third-order valence-corrected chi connectivity index (χ3v) is 3.49. The Balaban J connectivity index is 0.000000202. The summed E-state index contributed by atoms with van der Waals surface area (Å²) in [5.74, 6) is 0. The fourth-order valence-corrected chi connectivity index (χ4v) is 2.48. The first kappa shape index (κ1) is 12.5. The van der Waals surface area contributed by atoms with Gasteiger partial charge in [-0.1, -0.05) is 69.2 Å². The van der Waals surface area contributed by atoms with Gasteiger partial charge >= 0.3 is 0 Å². The van der Waals surface area contributed by atoms with Crippen molar-refractivity contribution in [3.8, 4) is 0 Å². The molecule has 0 aliphatic carbocycles. The third-order valence-electron chi connectivity index (χ3n) is 2.24. The molecule has 0 atom stereocenters. The molecule has 0 unspecified atom stereocenters. The molecular formula is C15H15N2P. The van der Waals surface area contributed by atoms with Crippen molar-refractivity contribution in [1.29, 1.82) is 0 Å². The highest BCUT2D eigenvalue weighted by molar-refractivity contribution is 7.55. The highest BCUT2D eigenvalue weighted by Crippen LogP contribution is 2.08. The number of benzene rings is 2. The molecule has 2 aromatic carbocycles. The second kappa shape index (κ2) is 7.41. The van der Waals surface area contributed by atoms with Gasteiger partial charge < -0.3 is 4.98 Å². The Bertz CT molecular complexity index is 466. The number of rotatable bonds is 2. The van der Waals surface area contributed by atoms with Crippen LogP contribution in [0, 0.1) is 0 Å². The van der Waals surface area contributed by atoms with Crippen LogP contribution in [0.5, 0.6) is 0 Å². The van der Waals surface area contributed by atoms with Crippen LogP contribution in [0.15, 0.2) is 79.4 Å². The molecule has 0 spiro atoms. The molecule has 18 heavy (non-hydrogen) atoms. The zero-order valence-electron chi connectivity index (χ0n) is 9.95. The van der Waals surface area contributed by atoms with Gasteiger partial charge in [0, 0.05) is 12.4 Å². The molecule has 0 saturated heterocycles. The summed E-state index contributed by atoms with van der Waals surface area (Å²) in [5, 5.41) is 2.79. The van der Waals surface area contributed by atoms with E-state index in [0.717, 1.165) is 8.58 Å². The van der Waals surface area contributed by atoms with Crippen LogP contribution >= 0.6 is 8.58 Å². The van der Waals surface area contributed by atoms with E-state index in [4.69, 9.17) is 0 Å². The molecule has 1 N–H and O–H groups in total. The van der Waals surface area contributed by atoms with Gasteiger partial charge in [0.1, 0.15) is 0 Å². The predicted octanol–water partition coefficient (Wildman–Crippen LogP) is 2.73. The Kier molecular flexibility index (Phi) is 5.16. The summed E-state index contributed by atoms with van der Waals surface area (Å²) in [6.45, 7) is 0. The summed E-state index contributed by atoms with van der Waals surface area (Å²) in [6, 6.07) is 21.2. The van der Waals surface area contributed by atoms with E-state index in [1.807, 2.05) is 0 Å². The van der Waals surface area contributed by atoms with E-state index in [2.05, 4.69) is 70.6 Å². The molecule has 0 aliphatic heterocycles. The van der Waals surface area contributed by atoms with Crippen molar-refractivity contribution in [2.24, 2.45) is 0 Å². The second-order valence-corrected chi connectivity index (χ2v) is 5.02. The molecule has 0 fully saturated rings. The summed E-state index contributed by atoms with van der Waals surface area (Å²) in [4.78, 5) is 6.42. The summed E-state index contributed by atoms with van der Waals surface area (Å²) < 4.78 is 0. The maximum atomic E-state index is 3.67. The zero-order chi connectivity index (χ0) is 12.5. The highest BCUT2D eigenvalue weighted by Gasteiger charge is 1.92. The number of aromatic nitrogens is 2. The Morgan fingerprint density at radius 2 is 1.33 bits per heavy atom. The van der Waals surface area contributed by atoms with Gasteiger partial charge in [0.25, 0.3) is 0 Å². The lowest BCUT2D eigenvalue weighted by Crippen LogP contribution is -2.01. The van der Waals surface area contributed by atoms with E-state index in [9.17, 15) is 0 Å². The second-order valence-electron chi connectivity index (χ2n) is 3.62. The van der Waals surface area contributed by atoms with Gasteiger partial charge in [-0.25, -0.2) is 4.98 Å². The molecule has 0 amide bonds. The number of H-pyrrole nitrogens is 1. The summed E-state index contributed by atoms with van der Waals surface area (Å²) in [7, 11) is 0.777. The summed E-state index contributed by atoms with van der Waals surface area (Å²) >= 11 is 0. The number of imidazole rings is 1. The minimum absolute atomic E-state index is 0.777. The van der Waals surface area contributed by atoms with Crippen LogP contribution in [0.25, 0.3) is 0 Å². The van der Waals surface area contributed by atoms with E-state index in [-0.39, 0.29) is 0 Å². The molecule has 3 rings (SSSR count). The van der Waals surface area contributed by atoms with Gasteiger partial charge in [-0.3, -0.25) is 0 Å². The number of nitrogens with one attached hydrogen (secondary N) is 1. The summed E-state index contributed by atoms with van der Waals surface area (Å²) in [5.41, 5.74) is 0. The Morgan fingerprint density at radius 3 is 1.67 bits per heavy atom. The van der Waals surface area contributed by atoms with E-state index in [0.29, 0.717) is 0 Å². The van der Waals surface area contributed by atoms with Crippen molar-refractivity contribution in [3.05, 3.63) is 79.4 Å². The van der Waals surface area contributed by atoms with Gasteiger partial charge in [-0.05, 0) is 10.6 Å². The lowest BCUT2D eigenvalue weighted by atomic mass is 10.4. The first-order chi connectivity index (χ1) is 8.95. The normalized spacial score (nSPS) is 9.33. The van der Waals surface area contributed by atoms with Crippen molar-refractivity contribution in [2.45, 2.75) is 0 Å². The molecule has 3 heteroatoms. The fraction of sp³-hybridized carbons (Fsp3) is 0. The molecule has 3 aromatic rings. The summed E-state index contributed by atoms with van der Waals surface area (Å²) in [6.07, 6.45) is 5.08. The Morgan fingerprint density at radius 1 is 0.778 bits per heavy atom. The van der Waals surface area contributed by atoms with Gasteiger partial charge in [-0.15, -0.1) is 0 Å². The van der Waals surface area contributed by atoms with Crippen molar-refractivity contribution in [2.75, 3.05) is 0 Å². The van der Waals surface area contributed by atoms with Crippen molar-refractivity contribution < 1.29 is 0 Å². The topological polar surface area (TPSA) is 28.7 Å². The van der Waals surface area contributed by atoms with Crippen LogP contribution in [0.1, 0.15) is 0 Å². The minimum atomic E-state index is 0.777. The average molecular weight is 254 g/mol. The average Bonchev–Trinajstić information content (AvgIpc) is 3.00. The van der Waals surface area contributed by atoms with Gasteiger partial charge in [0.2, 0.25) is 0 Å². The van der Waals surface area contributed by atoms with Crippen molar-refractivity contribution in [3.63, 3.8) is 0 Å². The number of hydrogen-bond acceptors (Lipinski definition) is 1. The maximum Gasteiger partial charge on any atom is 0.0919 e. The fourth-order valence-electron chi connectivity index (χ4n) is 1.42. The van der Waals surface area contributed by atoms with Crippen LogP contribution in [-0.2, 0) is 0 Å². The quantitative estimate of drug-likeness (QED) is 0.700. The lowest BCUT2D eigenvalue weighted by molar-refractivity contribution is 1.31. The molecule has 1 heterocycles. The molecule has 90 valence electrons. The highest BCUT2D eigenvalue weighted by atomic mass is 31.1. The van der Waals surface area contributed by atoms with Crippen molar-refractivity contribution >= 4 is 19.2 Å². The SMILES string of the molecule is c1c[nH]cn1.c1ccc(Pc2ccccc2)cc1. The lowest BCUT2D eigenvalue weighted by Gasteiger charge is -2.00. The van der Waals surface area contributed by atoms with Gasteiger partial charge in [0.15, 0.2) is 0 Å². The van der Waals surface area contributed by atoms with E-state index in [1.54, 1.807) is 18.7 Å². The number of aromatic amines is 1. The predicted molar refractivity (Wildman–Crippen MR) is 79.1 cm³/mol. The zero-order valence-corrected chi connectivity index (χ0v) is 11.0. The molecule has 0 saturated carbocycles.